The molecule has 2 aliphatic rings. The first-order valence-corrected chi connectivity index (χ1v) is 7.06. The van der Waals surface area contributed by atoms with Crippen LogP contribution in [0.15, 0.2) is 18.2 Å². The first-order valence-electron chi connectivity index (χ1n) is 7.06. The first-order chi connectivity index (χ1) is 10.0. The summed E-state index contributed by atoms with van der Waals surface area (Å²) in [5, 5.41) is 8.29. The minimum absolute atomic E-state index is 0.0567. The molecule has 110 valence electrons. The third-order valence-electron chi connectivity index (χ3n) is 3.94. The van der Waals surface area contributed by atoms with Crippen LogP contribution in [0.25, 0.3) is 0 Å². The standard InChI is InChI=1S/C15H17N3O3/c1-8-4-9(7-16-6-8)13(19)17-10-2-3-11-12(5-10)15(21)18-14(11)20/h2-3,5,8-9,16H,4,6-7H2,1H3,(H,17,19)(H,18,20,21). The van der Waals surface area contributed by atoms with Crippen molar-refractivity contribution < 1.29 is 14.4 Å². The molecular formula is C15H17N3O3. The normalized spacial score (nSPS) is 24.4. The van der Waals surface area contributed by atoms with Crippen LogP contribution >= 0.6 is 0 Å². The van der Waals surface area contributed by atoms with Gasteiger partial charge in [-0.3, -0.25) is 19.7 Å². The third kappa shape index (κ3) is 2.67. The van der Waals surface area contributed by atoms with Crippen LogP contribution in [0.1, 0.15) is 34.1 Å². The van der Waals surface area contributed by atoms with Gasteiger partial charge in [-0.1, -0.05) is 6.92 Å². The molecule has 3 amide bonds. The van der Waals surface area contributed by atoms with Gasteiger partial charge in [-0.25, -0.2) is 0 Å². The van der Waals surface area contributed by atoms with Crippen LogP contribution in [0.4, 0.5) is 5.69 Å². The maximum atomic E-state index is 12.2. The molecule has 1 saturated heterocycles. The number of hydrogen-bond donors (Lipinski definition) is 3. The van der Waals surface area contributed by atoms with Crippen LogP contribution < -0.4 is 16.0 Å². The lowest BCUT2D eigenvalue weighted by Gasteiger charge is -2.26. The molecular weight excluding hydrogens is 270 g/mol. The molecule has 1 fully saturated rings. The van der Waals surface area contributed by atoms with Crippen molar-refractivity contribution in [2.75, 3.05) is 18.4 Å². The van der Waals surface area contributed by atoms with E-state index in [1.807, 2.05) is 0 Å². The van der Waals surface area contributed by atoms with Gasteiger partial charge in [0, 0.05) is 12.2 Å². The van der Waals surface area contributed by atoms with Gasteiger partial charge in [-0.05, 0) is 37.1 Å². The molecule has 1 aromatic carbocycles. The molecule has 2 heterocycles. The number of anilines is 1. The van der Waals surface area contributed by atoms with Gasteiger partial charge in [0.2, 0.25) is 5.91 Å². The largest absolute Gasteiger partial charge is 0.326 e. The van der Waals surface area contributed by atoms with Gasteiger partial charge in [0.1, 0.15) is 0 Å². The molecule has 0 bridgehead atoms. The van der Waals surface area contributed by atoms with Crippen LogP contribution in [0, 0.1) is 11.8 Å². The Labute approximate surface area is 122 Å². The fourth-order valence-corrected chi connectivity index (χ4v) is 2.85. The maximum Gasteiger partial charge on any atom is 0.259 e. The monoisotopic (exact) mass is 287 g/mol. The Balaban J connectivity index is 1.74. The molecule has 0 spiro atoms. The molecule has 21 heavy (non-hydrogen) atoms. The Morgan fingerprint density at radius 1 is 1.19 bits per heavy atom. The Morgan fingerprint density at radius 3 is 2.71 bits per heavy atom. The van der Waals surface area contributed by atoms with Gasteiger partial charge in [0.05, 0.1) is 17.0 Å². The van der Waals surface area contributed by atoms with Crippen molar-refractivity contribution >= 4 is 23.4 Å². The van der Waals surface area contributed by atoms with Gasteiger partial charge in [-0.2, -0.15) is 0 Å². The second-order valence-corrected chi connectivity index (χ2v) is 5.73. The summed E-state index contributed by atoms with van der Waals surface area (Å²) < 4.78 is 0. The molecule has 0 radical (unpaired) electrons. The van der Waals surface area contributed by atoms with Crippen molar-refractivity contribution in [3.8, 4) is 0 Å². The molecule has 0 aliphatic carbocycles. The van der Waals surface area contributed by atoms with E-state index in [-0.39, 0.29) is 11.8 Å². The number of imide groups is 1. The van der Waals surface area contributed by atoms with Crippen LogP contribution in [0.2, 0.25) is 0 Å². The summed E-state index contributed by atoms with van der Waals surface area (Å²) in [6, 6.07) is 4.76. The quantitative estimate of drug-likeness (QED) is 0.701. The molecule has 2 atom stereocenters. The summed E-state index contributed by atoms with van der Waals surface area (Å²) in [5.41, 5.74) is 1.21. The highest BCUT2D eigenvalue weighted by Crippen LogP contribution is 2.22. The van der Waals surface area contributed by atoms with Gasteiger partial charge in [-0.15, -0.1) is 0 Å². The number of amides is 3. The van der Waals surface area contributed by atoms with Crippen LogP contribution in [0.5, 0.6) is 0 Å². The van der Waals surface area contributed by atoms with Crippen molar-refractivity contribution in [3.63, 3.8) is 0 Å². The zero-order chi connectivity index (χ0) is 15.0. The lowest BCUT2D eigenvalue weighted by molar-refractivity contribution is -0.120. The maximum absolute atomic E-state index is 12.2. The number of rotatable bonds is 2. The SMILES string of the molecule is CC1CNCC(C(=O)Nc2ccc3c(c2)C(=O)NC3=O)C1. The third-order valence-corrected chi connectivity index (χ3v) is 3.94. The highest BCUT2D eigenvalue weighted by molar-refractivity contribution is 6.22. The van der Waals surface area contributed by atoms with E-state index in [1.54, 1.807) is 18.2 Å². The Hall–Kier alpha value is -2.21. The Bertz CT molecular complexity index is 627. The van der Waals surface area contributed by atoms with Crippen LogP contribution in [-0.4, -0.2) is 30.8 Å². The minimum atomic E-state index is -0.418. The number of hydrogen-bond acceptors (Lipinski definition) is 4. The minimum Gasteiger partial charge on any atom is -0.326 e. The Kier molecular flexibility index (Phi) is 3.47. The number of benzene rings is 1. The summed E-state index contributed by atoms with van der Waals surface area (Å²) >= 11 is 0. The topological polar surface area (TPSA) is 87.3 Å². The van der Waals surface area contributed by atoms with E-state index in [1.165, 1.54) is 0 Å². The number of piperidine rings is 1. The van der Waals surface area contributed by atoms with Gasteiger partial charge in [0.15, 0.2) is 0 Å². The zero-order valence-electron chi connectivity index (χ0n) is 11.7. The van der Waals surface area contributed by atoms with Crippen LogP contribution in [0.3, 0.4) is 0 Å². The van der Waals surface area contributed by atoms with Crippen molar-refractivity contribution in [2.45, 2.75) is 13.3 Å². The smallest absolute Gasteiger partial charge is 0.259 e. The summed E-state index contributed by atoms with van der Waals surface area (Å²) in [7, 11) is 0. The fourth-order valence-electron chi connectivity index (χ4n) is 2.85. The van der Waals surface area contributed by atoms with E-state index < -0.39 is 11.8 Å². The van der Waals surface area contributed by atoms with Gasteiger partial charge in [0.25, 0.3) is 11.8 Å². The average molecular weight is 287 g/mol. The van der Waals surface area contributed by atoms with E-state index in [4.69, 9.17) is 0 Å². The molecule has 3 N–H and O–H groups in total. The van der Waals surface area contributed by atoms with Crippen molar-refractivity contribution in [2.24, 2.45) is 11.8 Å². The number of nitrogens with one attached hydrogen (secondary N) is 3. The first kappa shape index (κ1) is 13.8. The Morgan fingerprint density at radius 2 is 1.95 bits per heavy atom. The summed E-state index contributed by atoms with van der Waals surface area (Å²) in [5.74, 6) is -0.466. The highest BCUT2D eigenvalue weighted by Gasteiger charge is 2.28. The molecule has 2 unspecified atom stereocenters. The van der Waals surface area contributed by atoms with E-state index in [0.29, 0.717) is 29.3 Å². The van der Waals surface area contributed by atoms with E-state index in [2.05, 4.69) is 22.9 Å². The van der Waals surface area contributed by atoms with Gasteiger partial charge < -0.3 is 10.6 Å². The van der Waals surface area contributed by atoms with Gasteiger partial charge >= 0.3 is 0 Å². The van der Waals surface area contributed by atoms with Crippen molar-refractivity contribution in [1.82, 2.24) is 10.6 Å². The fraction of sp³-hybridized carbons (Fsp3) is 0.400. The molecule has 3 rings (SSSR count). The highest BCUT2D eigenvalue weighted by atomic mass is 16.2. The number of carbonyl (C=O) groups excluding carboxylic acids is 3. The number of fused-ring (bicyclic) bond motifs is 1. The van der Waals surface area contributed by atoms with E-state index in [9.17, 15) is 14.4 Å². The molecule has 0 saturated carbocycles. The predicted molar refractivity (Wildman–Crippen MR) is 77.0 cm³/mol. The second kappa shape index (κ2) is 5.29. The lowest BCUT2D eigenvalue weighted by atomic mass is 9.91. The van der Waals surface area contributed by atoms with E-state index >= 15 is 0 Å². The zero-order valence-corrected chi connectivity index (χ0v) is 11.7. The van der Waals surface area contributed by atoms with Crippen molar-refractivity contribution in [1.29, 1.82) is 0 Å². The number of carbonyl (C=O) groups is 3. The van der Waals surface area contributed by atoms with Crippen LogP contribution in [-0.2, 0) is 4.79 Å². The lowest BCUT2D eigenvalue weighted by Crippen LogP contribution is -2.40. The molecule has 6 nitrogen and oxygen atoms in total. The average Bonchev–Trinajstić information content (AvgIpc) is 2.74. The summed E-state index contributed by atoms with van der Waals surface area (Å²) in [6.07, 6.45) is 0.850. The summed E-state index contributed by atoms with van der Waals surface area (Å²) in [6.45, 7) is 3.71. The molecule has 0 aromatic heterocycles. The molecule has 6 heteroatoms. The summed E-state index contributed by atoms with van der Waals surface area (Å²) in [4.78, 5) is 35.3. The molecule has 2 aliphatic heterocycles. The second-order valence-electron chi connectivity index (χ2n) is 5.73. The van der Waals surface area contributed by atoms with Crippen molar-refractivity contribution in [3.05, 3.63) is 29.3 Å². The molecule has 1 aromatic rings. The van der Waals surface area contributed by atoms with E-state index in [0.717, 1.165) is 13.0 Å². The predicted octanol–water partition coefficient (Wildman–Crippen LogP) is 0.754.